The first-order chi connectivity index (χ1) is 7.36. The van der Waals surface area contributed by atoms with E-state index in [0.717, 1.165) is 29.5 Å². The van der Waals surface area contributed by atoms with Crippen molar-refractivity contribution in [2.24, 2.45) is 11.8 Å². The van der Waals surface area contributed by atoms with Crippen molar-refractivity contribution in [3.63, 3.8) is 0 Å². The van der Waals surface area contributed by atoms with Gasteiger partial charge < -0.3 is 9.69 Å². The maximum Gasteiger partial charge on any atom is 0.128 e. The molecule has 0 N–H and O–H groups in total. The Balaban J connectivity index is 1.72. The SMILES string of the molecule is O=CCc1ccc(N2CC3CC3C2)nc1. The highest BCUT2D eigenvalue weighted by atomic mass is 16.1. The van der Waals surface area contributed by atoms with Crippen LogP contribution in [-0.2, 0) is 11.2 Å². The van der Waals surface area contributed by atoms with Gasteiger partial charge in [-0.3, -0.25) is 0 Å². The predicted octanol–water partition coefficient (Wildman–Crippen LogP) is 1.28. The fourth-order valence-corrected chi connectivity index (χ4v) is 2.41. The lowest BCUT2D eigenvalue weighted by Crippen LogP contribution is -2.22. The predicted molar refractivity (Wildman–Crippen MR) is 57.8 cm³/mol. The van der Waals surface area contributed by atoms with Gasteiger partial charge in [0, 0.05) is 25.7 Å². The maximum absolute atomic E-state index is 10.3. The fourth-order valence-electron chi connectivity index (χ4n) is 2.41. The van der Waals surface area contributed by atoms with Gasteiger partial charge in [0.15, 0.2) is 0 Å². The van der Waals surface area contributed by atoms with Gasteiger partial charge in [-0.05, 0) is 29.9 Å². The van der Waals surface area contributed by atoms with E-state index in [4.69, 9.17) is 0 Å². The molecule has 3 nitrogen and oxygen atoms in total. The van der Waals surface area contributed by atoms with E-state index in [-0.39, 0.29) is 0 Å². The Morgan fingerprint density at radius 3 is 2.80 bits per heavy atom. The first-order valence-electron chi connectivity index (χ1n) is 5.50. The van der Waals surface area contributed by atoms with Crippen LogP contribution in [0.25, 0.3) is 0 Å². The van der Waals surface area contributed by atoms with Gasteiger partial charge in [-0.15, -0.1) is 0 Å². The highest BCUT2D eigenvalue weighted by Gasteiger charge is 2.45. The topological polar surface area (TPSA) is 33.2 Å². The van der Waals surface area contributed by atoms with E-state index in [2.05, 4.69) is 9.88 Å². The Labute approximate surface area is 89.1 Å². The highest BCUT2D eigenvalue weighted by molar-refractivity contribution is 5.55. The molecule has 2 fully saturated rings. The van der Waals surface area contributed by atoms with Gasteiger partial charge in [0.05, 0.1) is 0 Å². The minimum absolute atomic E-state index is 0.471. The minimum atomic E-state index is 0.471. The second kappa shape index (κ2) is 3.33. The lowest BCUT2D eigenvalue weighted by atomic mass is 10.2. The summed E-state index contributed by atoms with van der Waals surface area (Å²) in [4.78, 5) is 17.1. The first-order valence-corrected chi connectivity index (χ1v) is 5.50. The van der Waals surface area contributed by atoms with E-state index >= 15 is 0 Å². The summed E-state index contributed by atoms with van der Waals surface area (Å²) in [5, 5.41) is 0. The fraction of sp³-hybridized carbons (Fsp3) is 0.500. The molecule has 0 bridgehead atoms. The van der Waals surface area contributed by atoms with Crippen LogP contribution in [0.15, 0.2) is 18.3 Å². The van der Waals surface area contributed by atoms with Crippen molar-refractivity contribution in [1.82, 2.24) is 4.98 Å². The Kier molecular flexibility index (Phi) is 1.97. The molecule has 15 heavy (non-hydrogen) atoms. The van der Waals surface area contributed by atoms with E-state index in [0.29, 0.717) is 6.42 Å². The van der Waals surface area contributed by atoms with Crippen molar-refractivity contribution < 1.29 is 4.79 Å². The number of carbonyl (C=O) groups is 1. The first kappa shape index (κ1) is 8.89. The van der Waals surface area contributed by atoms with E-state index in [1.54, 1.807) is 0 Å². The Morgan fingerprint density at radius 2 is 2.20 bits per heavy atom. The van der Waals surface area contributed by atoms with Crippen LogP contribution in [-0.4, -0.2) is 24.4 Å². The quantitative estimate of drug-likeness (QED) is 0.692. The number of pyridine rings is 1. The second-order valence-corrected chi connectivity index (χ2v) is 4.56. The van der Waals surface area contributed by atoms with Gasteiger partial charge in [-0.25, -0.2) is 4.98 Å². The molecule has 2 aliphatic rings. The van der Waals surface area contributed by atoms with Gasteiger partial charge in [-0.1, -0.05) is 6.07 Å². The smallest absolute Gasteiger partial charge is 0.128 e. The average molecular weight is 202 g/mol. The van der Waals surface area contributed by atoms with Crippen LogP contribution in [0, 0.1) is 11.8 Å². The molecule has 1 aromatic heterocycles. The van der Waals surface area contributed by atoms with Gasteiger partial charge in [0.25, 0.3) is 0 Å². The van der Waals surface area contributed by atoms with Gasteiger partial charge in [-0.2, -0.15) is 0 Å². The van der Waals surface area contributed by atoms with Crippen LogP contribution in [0.1, 0.15) is 12.0 Å². The van der Waals surface area contributed by atoms with Crippen molar-refractivity contribution in [3.8, 4) is 0 Å². The highest BCUT2D eigenvalue weighted by Crippen LogP contribution is 2.45. The van der Waals surface area contributed by atoms with Crippen LogP contribution < -0.4 is 4.90 Å². The number of aldehydes is 1. The molecule has 2 unspecified atom stereocenters. The molecule has 0 spiro atoms. The number of anilines is 1. The number of fused-ring (bicyclic) bond motifs is 1. The molecule has 3 rings (SSSR count). The number of rotatable bonds is 3. The zero-order valence-electron chi connectivity index (χ0n) is 8.60. The van der Waals surface area contributed by atoms with Crippen molar-refractivity contribution in [2.45, 2.75) is 12.8 Å². The average Bonchev–Trinajstić information content (AvgIpc) is 2.87. The van der Waals surface area contributed by atoms with E-state index in [1.807, 2.05) is 18.3 Å². The molecule has 1 aliphatic heterocycles. The Bertz CT molecular complexity index is 364. The molecule has 0 amide bonds. The molecule has 1 aliphatic carbocycles. The van der Waals surface area contributed by atoms with E-state index in [9.17, 15) is 4.79 Å². The van der Waals surface area contributed by atoms with Crippen molar-refractivity contribution in [2.75, 3.05) is 18.0 Å². The maximum atomic E-state index is 10.3. The number of aromatic nitrogens is 1. The second-order valence-electron chi connectivity index (χ2n) is 4.56. The number of nitrogens with zero attached hydrogens (tertiary/aromatic N) is 2. The summed E-state index contributed by atoms with van der Waals surface area (Å²) in [7, 11) is 0. The van der Waals surface area contributed by atoms with Crippen molar-refractivity contribution in [3.05, 3.63) is 23.9 Å². The molecular formula is C12H14N2O. The lowest BCUT2D eigenvalue weighted by molar-refractivity contribution is -0.107. The van der Waals surface area contributed by atoms with Crippen molar-refractivity contribution >= 4 is 12.1 Å². The minimum Gasteiger partial charge on any atom is -0.356 e. The normalized spacial score (nSPS) is 27.6. The van der Waals surface area contributed by atoms with Crippen LogP contribution >= 0.6 is 0 Å². The zero-order valence-corrected chi connectivity index (χ0v) is 8.60. The van der Waals surface area contributed by atoms with Crippen molar-refractivity contribution in [1.29, 1.82) is 0 Å². The summed E-state index contributed by atoms with van der Waals surface area (Å²) < 4.78 is 0. The van der Waals surface area contributed by atoms with Crippen LogP contribution in [0.5, 0.6) is 0 Å². The molecule has 2 atom stereocenters. The van der Waals surface area contributed by atoms with E-state index in [1.165, 1.54) is 19.5 Å². The number of carbonyl (C=O) groups excluding carboxylic acids is 1. The largest absolute Gasteiger partial charge is 0.356 e. The third kappa shape index (κ3) is 1.62. The molecule has 0 aromatic carbocycles. The van der Waals surface area contributed by atoms with Gasteiger partial charge in [0.1, 0.15) is 12.1 Å². The molecule has 0 radical (unpaired) electrons. The molecule has 1 saturated carbocycles. The van der Waals surface area contributed by atoms with Crippen LogP contribution in [0.3, 0.4) is 0 Å². The summed E-state index contributed by atoms with van der Waals surface area (Å²) in [5.74, 6) is 2.93. The molecule has 1 saturated heterocycles. The van der Waals surface area contributed by atoms with Gasteiger partial charge >= 0.3 is 0 Å². The standard InChI is InChI=1S/C12H14N2O/c15-4-3-9-1-2-12(13-6-9)14-7-10-5-11(10)8-14/h1-2,4,6,10-11H,3,5,7-8H2. The Hall–Kier alpha value is -1.38. The summed E-state index contributed by atoms with van der Waals surface area (Å²) >= 11 is 0. The van der Waals surface area contributed by atoms with Gasteiger partial charge in [0.2, 0.25) is 0 Å². The van der Waals surface area contributed by atoms with E-state index < -0.39 is 0 Å². The third-order valence-electron chi connectivity index (χ3n) is 3.43. The number of piperidine rings is 1. The molecule has 1 aromatic rings. The summed E-state index contributed by atoms with van der Waals surface area (Å²) in [6, 6.07) is 4.03. The Morgan fingerprint density at radius 1 is 1.40 bits per heavy atom. The monoisotopic (exact) mass is 202 g/mol. The summed E-state index contributed by atoms with van der Waals surface area (Å²) in [5.41, 5.74) is 0.998. The summed E-state index contributed by atoms with van der Waals surface area (Å²) in [6.45, 7) is 2.34. The molecule has 3 heteroatoms. The number of hydrogen-bond acceptors (Lipinski definition) is 3. The molecule has 2 heterocycles. The lowest BCUT2D eigenvalue weighted by Gasteiger charge is -2.18. The molecule has 78 valence electrons. The molecular weight excluding hydrogens is 188 g/mol. The zero-order chi connectivity index (χ0) is 10.3. The summed E-state index contributed by atoms with van der Waals surface area (Å²) in [6.07, 6.45) is 4.62. The number of hydrogen-bond donors (Lipinski definition) is 0. The van der Waals surface area contributed by atoms with Crippen LogP contribution in [0.4, 0.5) is 5.82 Å². The third-order valence-corrected chi connectivity index (χ3v) is 3.43. The van der Waals surface area contributed by atoms with Crippen LogP contribution in [0.2, 0.25) is 0 Å².